The van der Waals surface area contributed by atoms with E-state index < -0.39 is 29.0 Å². The minimum Gasteiger partial charge on any atom is -0.456 e. The van der Waals surface area contributed by atoms with E-state index in [0.717, 1.165) is 0 Å². The molecule has 5 nitrogen and oxygen atoms in total. The van der Waals surface area contributed by atoms with Crippen LogP contribution >= 0.6 is 0 Å². The van der Waals surface area contributed by atoms with Crippen LogP contribution in [-0.4, -0.2) is 22.5 Å². The van der Waals surface area contributed by atoms with Crippen LogP contribution in [0.4, 0.5) is 13.2 Å². The number of hydrogen-bond donors (Lipinski definition) is 1. The Hall–Kier alpha value is -2.30. The SMILES string of the molecule is CCOC(=O)C#Cc1c(C(F)(F)F)nc[nH]c1=O. The van der Waals surface area contributed by atoms with Crippen molar-refractivity contribution in [1.29, 1.82) is 0 Å². The second kappa shape index (κ2) is 5.35. The van der Waals surface area contributed by atoms with Crippen molar-refractivity contribution in [1.82, 2.24) is 9.97 Å². The minimum atomic E-state index is -4.83. The number of rotatable bonds is 1. The van der Waals surface area contributed by atoms with Gasteiger partial charge < -0.3 is 9.72 Å². The van der Waals surface area contributed by atoms with Crippen molar-refractivity contribution in [3.05, 3.63) is 27.9 Å². The summed E-state index contributed by atoms with van der Waals surface area (Å²) >= 11 is 0. The fourth-order valence-electron chi connectivity index (χ4n) is 1.01. The Bertz CT molecular complexity index is 566. The summed E-state index contributed by atoms with van der Waals surface area (Å²) < 4.78 is 41.9. The number of nitrogens with one attached hydrogen (secondary N) is 1. The number of carbonyl (C=O) groups is 1. The van der Waals surface area contributed by atoms with Gasteiger partial charge in [0.1, 0.15) is 5.56 Å². The summed E-state index contributed by atoms with van der Waals surface area (Å²) in [6.07, 6.45) is -4.21. The Kier molecular flexibility index (Phi) is 4.09. The standard InChI is InChI=1S/C10H7F3N2O3/c1-2-18-7(16)4-3-6-8(10(11,12)13)14-5-15-9(6)17/h5H,2H2,1H3,(H,14,15,17). The number of ether oxygens (including phenoxy) is 1. The quantitative estimate of drug-likeness (QED) is 0.596. The molecular formula is C10H7F3N2O3. The van der Waals surface area contributed by atoms with Gasteiger partial charge in [0.2, 0.25) is 0 Å². The van der Waals surface area contributed by atoms with E-state index in [2.05, 4.69) is 9.72 Å². The van der Waals surface area contributed by atoms with Crippen molar-refractivity contribution in [3.8, 4) is 11.8 Å². The number of nitrogens with zero attached hydrogens (tertiary/aromatic N) is 1. The van der Waals surface area contributed by atoms with Crippen molar-refractivity contribution in [2.75, 3.05) is 6.61 Å². The van der Waals surface area contributed by atoms with E-state index in [1.165, 1.54) is 6.92 Å². The fourth-order valence-corrected chi connectivity index (χ4v) is 1.01. The molecule has 0 amide bonds. The summed E-state index contributed by atoms with van der Waals surface area (Å²) in [5.74, 6) is 2.58. The molecule has 0 spiro atoms. The van der Waals surface area contributed by atoms with E-state index in [9.17, 15) is 22.8 Å². The minimum absolute atomic E-state index is 0.0308. The van der Waals surface area contributed by atoms with Crippen LogP contribution in [0, 0.1) is 11.8 Å². The molecule has 0 aliphatic heterocycles. The van der Waals surface area contributed by atoms with Crippen molar-refractivity contribution >= 4 is 5.97 Å². The molecule has 1 heterocycles. The highest BCUT2D eigenvalue weighted by molar-refractivity contribution is 5.89. The number of hydrogen-bond acceptors (Lipinski definition) is 4. The molecule has 0 fully saturated rings. The third-order valence-corrected chi connectivity index (χ3v) is 1.69. The van der Waals surface area contributed by atoms with Gasteiger partial charge in [0.25, 0.3) is 5.56 Å². The van der Waals surface area contributed by atoms with E-state index in [1.807, 2.05) is 10.9 Å². The lowest BCUT2D eigenvalue weighted by Gasteiger charge is -2.05. The van der Waals surface area contributed by atoms with Crippen LogP contribution in [0.25, 0.3) is 0 Å². The second-order valence-corrected chi connectivity index (χ2v) is 2.92. The third-order valence-electron chi connectivity index (χ3n) is 1.69. The summed E-state index contributed by atoms with van der Waals surface area (Å²) in [5.41, 5.74) is -3.43. The zero-order valence-electron chi connectivity index (χ0n) is 9.09. The molecule has 8 heteroatoms. The fraction of sp³-hybridized carbons (Fsp3) is 0.300. The van der Waals surface area contributed by atoms with E-state index >= 15 is 0 Å². The second-order valence-electron chi connectivity index (χ2n) is 2.92. The largest absolute Gasteiger partial charge is 0.456 e. The number of H-pyrrole nitrogens is 1. The lowest BCUT2D eigenvalue weighted by molar-refractivity contribution is -0.141. The maximum atomic E-state index is 12.5. The van der Waals surface area contributed by atoms with Crippen molar-refractivity contribution in [2.45, 2.75) is 13.1 Å². The first-order valence-electron chi connectivity index (χ1n) is 4.70. The van der Waals surface area contributed by atoms with Gasteiger partial charge in [-0.3, -0.25) is 4.79 Å². The third kappa shape index (κ3) is 3.35. The zero-order valence-corrected chi connectivity index (χ0v) is 9.09. The van der Waals surface area contributed by atoms with E-state index in [1.54, 1.807) is 5.92 Å². The maximum Gasteiger partial charge on any atom is 0.434 e. The van der Waals surface area contributed by atoms with Crippen LogP contribution in [0.1, 0.15) is 18.2 Å². The molecule has 0 aliphatic carbocycles. The Morgan fingerprint density at radius 3 is 2.78 bits per heavy atom. The van der Waals surface area contributed by atoms with Gasteiger partial charge >= 0.3 is 12.1 Å². The van der Waals surface area contributed by atoms with E-state index in [4.69, 9.17) is 0 Å². The number of carbonyl (C=O) groups excluding carboxylic acids is 1. The first kappa shape index (κ1) is 13.8. The molecular weight excluding hydrogens is 253 g/mol. The first-order chi connectivity index (χ1) is 8.36. The average molecular weight is 260 g/mol. The lowest BCUT2D eigenvalue weighted by Crippen LogP contribution is -2.20. The molecule has 0 saturated heterocycles. The summed E-state index contributed by atoms with van der Waals surface area (Å²) in [5, 5.41) is 0. The van der Waals surface area contributed by atoms with Gasteiger partial charge in [-0.05, 0) is 12.8 Å². The molecule has 1 rings (SSSR count). The highest BCUT2D eigenvalue weighted by atomic mass is 19.4. The topological polar surface area (TPSA) is 72.0 Å². The highest BCUT2D eigenvalue weighted by Gasteiger charge is 2.36. The molecule has 96 valence electrons. The van der Waals surface area contributed by atoms with E-state index in [0.29, 0.717) is 6.33 Å². The molecule has 0 aliphatic rings. The normalized spacial score (nSPS) is 10.4. The van der Waals surface area contributed by atoms with Crippen LogP contribution in [0.3, 0.4) is 0 Å². The first-order valence-corrected chi connectivity index (χ1v) is 4.70. The average Bonchev–Trinajstić information content (AvgIpc) is 2.26. The lowest BCUT2D eigenvalue weighted by atomic mass is 10.2. The van der Waals surface area contributed by atoms with Crippen LogP contribution in [-0.2, 0) is 15.7 Å². The van der Waals surface area contributed by atoms with Crippen LogP contribution in [0.2, 0.25) is 0 Å². The molecule has 0 saturated carbocycles. The molecule has 18 heavy (non-hydrogen) atoms. The molecule has 0 unspecified atom stereocenters. The van der Waals surface area contributed by atoms with Gasteiger partial charge in [0, 0.05) is 5.92 Å². The molecule has 1 aromatic heterocycles. The number of halogens is 3. The summed E-state index contributed by atoms with van der Waals surface area (Å²) in [6.45, 7) is 1.54. The smallest absolute Gasteiger partial charge is 0.434 e. The van der Waals surface area contributed by atoms with Crippen molar-refractivity contribution in [3.63, 3.8) is 0 Å². The Balaban J connectivity index is 3.24. The van der Waals surface area contributed by atoms with Gasteiger partial charge in [-0.15, -0.1) is 0 Å². The van der Waals surface area contributed by atoms with Gasteiger partial charge in [-0.1, -0.05) is 0 Å². The van der Waals surface area contributed by atoms with Crippen molar-refractivity contribution in [2.24, 2.45) is 0 Å². The number of aromatic nitrogens is 2. The van der Waals surface area contributed by atoms with Gasteiger partial charge in [-0.2, -0.15) is 13.2 Å². The summed E-state index contributed by atoms with van der Waals surface area (Å²) in [7, 11) is 0. The Labute approximate surface area is 99.0 Å². The molecule has 0 bridgehead atoms. The number of esters is 1. The molecule has 0 radical (unpaired) electrons. The number of aromatic amines is 1. The van der Waals surface area contributed by atoms with Crippen LogP contribution < -0.4 is 5.56 Å². The van der Waals surface area contributed by atoms with Gasteiger partial charge in [0.15, 0.2) is 5.69 Å². The number of alkyl halides is 3. The van der Waals surface area contributed by atoms with Gasteiger partial charge in [0.05, 0.1) is 12.9 Å². The van der Waals surface area contributed by atoms with Gasteiger partial charge in [-0.25, -0.2) is 9.78 Å². The highest BCUT2D eigenvalue weighted by Crippen LogP contribution is 2.28. The Morgan fingerprint density at radius 2 is 2.22 bits per heavy atom. The molecule has 0 aromatic carbocycles. The van der Waals surface area contributed by atoms with Crippen LogP contribution in [0.5, 0.6) is 0 Å². The van der Waals surface area contributed by atoms with Crippen molar-refractivity contribution < 1.29 is 22.7 Å². The maximum absolute atomic E-state index is 12.5. The predicted molar refractivity (Wildman–Crippen MR) is 53.4 cm³/mol. The zero-order chi connectivity index (χ0) is 13.8. The molecule has 1 N–H and O–H groups in total. The Morgan fingerprint density at radius 1 is 1.56 bits per heavy atom. The predicted octanol–water partition coefficient (Wildman–Crippen LogP) is 0.703. The summed E-state index contributed by atoms with van der Waals surface area (Å²) in [6, 6.07) is 0. The monoisotopic (exact) mass is 260 g/mol. The van der Waals surface area contributed by atoms with Crippen LogP contribution in [0.15, 0.2) is 11.1 Å². The molecule has 0 atom stereocenters. The van der Waals surface area contributed by atoms with E-state index in [-0.39, 0.29) is 6.61 Å². The molecule has 1 aromatic rings. The summed E-state index contributed by atoms with van der Waals surface area (Å²) in [4.78, 5) is 27.0.